The van der Waals surface area contributed by atoms with E-state index < -0.39 is 0 Å². The number of aryl methyl sites for hydroxylation is 1. The van der Waals surface area contributed by atoms with Gasteiger partial charge in [-0.15, -0.1) is 6.58 Å². The minimum Gasteiger partial charge on any atom is -0.868 e. The van der Waals surface area contributed by atoms with Crippen molar-refractivity contribution in [1.29, 1.82) is 0 Å². The zero-order chi connectivity index (χ0) is 12.3. The smallest absolute Gasteiger partial charge is 0.566 e. The Morgan fingerprint density at radius 2 is 2.41 bits per heavy atom. The molecule has 5 heteroatoms. The second kappa shape index (κ2) is 4.86. The molecule has 2 aromatic heterocycles. The van der Waals surface area contributed by atoms with Gasteiger partial charge in [-0.2, -0.15) is 0 Å². The summed E-state index contributed by atoms with van der Waals surface area (Å²) in [6, 6.07) is 0. The van der Waals surface area contributed by atoms with Crippen LogP contribution in [-0.2, 0) is 0 Å². The molecule has 0 aliphatic carbocycles. The van der Waals surface area contributed by atoms with Crippen LogP contribution < -0.4 is 10.7 Å². The molecule has 0 N–H and O–H groups in total. The Labute approximate surface area is 97.7 Å². The summed E-state index contributed by atoms with van der Waals surface area (Å²) in [5.74, 6) is -0.253. The number of rotatable bonds is 4. The van der Waals surface area contributed by atoms with Gasteiger partial charge in [0.1, 0.15) is 0 Å². The Morgan fingerprint density at radius 1 is 1.59 bits per heavy atom. The largest absolute Gasteiger partial charge is 0.868 e. The molecule has 17 heavy (non-hydrogen) atoms. The third-order valence-electron chi connectivity index (χ3n) is 2.35. The van der Waals surface area contributed by atoms with Crippen molar-refractivity contribution in [3.8, 4) is 5.75 Å². The fourth-order valence-electron chi connectivity index (χ4n) is 1.51. The monoisotopic (exact) mass is 235 g/mol. The quantitative estimate of drug-likeness (QED) is 0.459. The molecule has 2 rings (SSSR count). The first kappa shape index (κ1) is 11.4. The molecule has 0 aliphatic heterocycles. The molecule has 0 saturated heterocycles. The van der Waals surface area contributed by atoms with Crippen LogP contribution in [0.15, 0.2) is 32.3 Å². The molecule has 0 bridgehead atoms. The highest BCUT2D eigenvalue weighted by atomic mass is 16.5. The molecule has 0 aromatic carbocycles. The highest BCUT2D eigenvalue weighted by molar-refractivity contribution is 5.83. The number of nitrogens with zero attached hydrogens (tertiary/aromatic N) is 1. The van der Waals surface area contributed by atoms with Crippen molar-refractivity contribution >= 4 is 11.0 Å². The van der Waals surface area contributed by atoms with E-state index in [1.54, 1.807) is 6.92 Å². The minimum absolute atomic E-state index is 0.198. The van der Waals surface area contributed by atoms with Crippen molar-refractivity contribution in [3.05, 3.63) is 34.7 Å². The molecule has 2 heterocycles. The molecule has 0 spiro atoms. The lowest BCUT2D eigenvalue weighted by Crippen LogP contribution is -2.05. The van der Waals surface area contributed by atoms with Crippen LogP contribution in [-0.4, -0.2) is 11.8 Å². The van der Waals surface area contributed by atoms with Gasteiger partial charge in [0.25, 0.3) is 0 Å². The lowest BCUT2D eigenvalue weighted by Gasteiger charge is -1.98. The first-order chi connectivity index (χ1) is 8.24. The predicted octanol–water partition coefficient (Wildman–Crippen LogP) is 1.66. The molecule has 0 fully saturated rings. The maximum atomic E-state index is 11.5. The van der Waals surface area contributed by atoms with Crippen molar-refractivity contribution in [2.75, 3.05) is 6.61 Å². The summed E-state index contributed by atoms with van der Waals surface area (Å²) in [5, 5.41) is 15.7. The molecule has 0 unspecified atom stereocenters. The van der Waals surface area contributed by atoms with Crippen LogP contribution >= 0.6 is 0 Å². The summed E-state index contributed by atoms with van der Waals surface area (Å²) in [4.78, 5) is 0. The van der Waals surface area contributed by atoms with Crippen LogP contribution in [0.2, 0.25) is 0 Å². The van der Waals surface area contributed by atoms with Gasteiger partial charge in [-0.25, -0.2) is 0 Å². The zero-order valence-electron chi connectivity index (χ0n) is 9.56. The van der Waals surface area contributed by atoms with Crippen LogP contribution in [0, 0.1) is 6.92 Å². The fourth-order valence-corrected chi connectivity index (χ4v) is 1.51. The van der Waals surface area contributed by atoms with Gasteiger partial charge in [0.15, 0.2) is 6.61 Å². The van der Waals surface area contributed by atoms with E-state index in [4.69, 9.17) is 13.4 Å². The van der Waals surface area contributed by atoms with Crippen molar-refractivity contribution in [3.63, 3.8) is 0 Å². The normalized spacial score (nSPS) is 12.2. The third-order valence-corrected chi connectivity index (χ3v) is 2.35. The van der Waals surface area contributed by atoms with Gasteiger partial charge in [-0.1, -0.05) is 11.2 Å². The summed E-state index contributed by atoms with van der Waals surface area (Å²) >= 11 is 0. The lowest BCUT2D eigenvalue weighted by atomic mass is 10.2. The summed E-state index contributed by atoms with van der Waals surface area (Å²) in [6.07, 6.45) is 4.61. The van der Waals surface area contributed by atoms with E-state index in [-0.39, 0.29) is 17.0 Å². The van der Waals surface area contributed by atoms with E-state index in [0.29, 0.717) is 17.7 Å². The Bertz CT molecular complexity index is 594. The Hall–Kier alpha value is -2.04. The average molecular weight is 235 g/mol. The molecule has 0 amide bonds. The van der Waals surface area contributed by atoms with Crippen LogP contribution in [0.1, 0.15) is 18.5 Å². The van der Waals surface area contributed by atoms with Gasteiger partial charge >= 0.3 is 11.2 Å². The van der Waals surface area contributed by atoms with Gasteiger partial charge in [0.2, 0.25) is 6.26 Å². The summed E-state index contributed by atoms with van der Waals surface area (Å²) in [5.41, 5.74) is 1.01. The third kappa shape index (κ3) is 2.22. The summed E-state index contributed by atoms with van der Waals surface area (Å²) in [6.45, 7) is 5.80. The molecular weight excluding hydrogens is 222 g/mol. The standard InChI is InChI=1S/C12H13NO4/c1-3-4-5-6-15-12-11-10(8(2)13-17-11)9(14)7-16-12/h3,7H,1,4-6H2,2H3. The first-order valence-corrected chi connectivity index (χ1v) is 5.35. The topological polar surface area (TPSA) is 73.5 Å². The fraction of sp³-hybridized carbons (Fsp3) is 0.333. The maximum Gasteiger partial charge on any atom is 0.566 e. The van der Waals surface area contributed by atoms with Gasteiger partial charge in [-0.05, 0) is 19.1 Å². The van der Waals surface area contributed by atoms with Gasteiger partial charge < -0.3 is 14.1 Å². The SMILES string of the molecule is C=CCCC[O+]=c1occ([O-])c2c(C)noc12. The van der Waals surface area contributed by atoms with Gasteiger partial charge in [0, 0.05) is 6.42 Å². The molecule has 5 nitrogen and oxygen atoms in total. The average Bonchev–Trinajstić information content (AvgIpc) is 2.71. The molecule has 0 saturated carbocycles. The molecule has 0 aliphatic rings. The van der Waals surface area contributed by atoms with E-state index in [2.05, 4.69) is 11.7 Å². The van der Waals surface area contributed by atoms with Crippen LogP contribution in [0.25, 0.3) is 11.0 Å². The van der Waals surface area contributed by atoms with Gasteiger partial charge in [0.05, 0.1) is 11.1 Å². The van der Waals surface area contributed by atoms with Crippen molar-refractivity contribution in [1.82, 2.24) is 5.16 Å². The van der Waals surface area contributed by atoms with Crippen molar-refractivity contribution < 1.29 is 14.0 Å². The van der Waals surface area contributed by atoms with Crippen LogP contribution in [0.4, 0.5) is 0 Å². The highest BCUT2D eigenvalue weighted by Crippen LogP contribution is 2.21. The molecular formula is C12H13NO4. The Balaban J connectivity index is 2.41. The van der Waals surface area contributed by atoms with E-state index in [1.807, 2.05) is 6.08 Å². The number of hydrogen-bond acceptors (Lipinski definition) is 4. The molecule has 90 valence electrons. The summed E-state index contributed by atoms with van der Waals surface area (Å²) in [7, 11) is 0. The lowest BCUT2D eigenvalue weighted by molar-refractivity contribution is -0.267. The van der Waals surface area contributed by atoms with E-state index in [0.717, 1.165) is 19.1 Å². The Morgan fingerprint density at radius 3 is 3.18 bits per heavy atom. The van der Waals surface area contributed by atoms with E-state index >= 15 is 0 Å². The summed E-state index contributed by atoms with van der Waals surface area (Å²) < 4.78 is 15.5. The zero-order valence-corrected chi connectivity index (χ0v) is 9.56. The van der Waals surface area contributed by atoms with Crippen molar-refractivity contribution in [2.24, 2.45) is 0 Å². The maximum absolute atomic E-state index is 11.5. The van der Waals surface area contributed by atoms with E-state index in [1.165, 1.54) is 0 Å². The number of hydrogen-bond donors (Lipinski definition) is 0. The second-order valence-corrected chi connectivity index (χ2v) is 3.64. The first-order valence-electron chi connectivity index (χ1n) is 5.35. The van der Waals surface area contributed by atoms with Crippen LogP contribution in [0.5, 0.6) is 5.75 Å². The molecule has 0 radical (unpaired) electrons. The molecule has 2 aromatic rings. The molecule has 0 atom stereocenters. The number of aromatic nitrogens is 1. The highest BCUT2D eigenvalue weighted by Gasteiger charge is 2.16. The van der Waals surface area contributed by atoms with Gasteiger partial charge in [-0.3, -0.25) is 4.42 Å². The van der Waals surface area contributed by atoms with Crippen LogP contribution in [0.3, 0.4) is 0 Å². The minimum atomic E-state index is -0.253. The number of unbranched alkanes of at least 4 members (excludes halogenated alkanes) is 1. The number of fused-ring (bicyclic) bond motifs is 1. The Kier molecular flexibility index (Phi) is 3.27. The predicted molar refractivity (Wildman–Crippen MR) is 61.0 cm³/mol. The second-order valence-electron chi connectivity index (χ2n) is 3.64. The van der Waals surface area contributed by atoms with E-state index in [9.17, 15) is 5.11 Å². The number of allylic oxidation sites excluding steroid dienone is 1. The van der Waals surface area contributed by atoms with Crippen molar-refractivity contribution in [2.45, 2.75) is 19.8 Å².